The van der Waals surface area contributed by atoms with Crippen LogP contribution in [0.3, 0.4) is 0 Å². The maximum absolute atomic E-state index is 12.6. The van der Waals surface area contributed by atoms with Crippen LogP contribution in [0.2, 0.25) is 5.02 Å². The van der Waals surface area contributed by atoms with Gasteiger partial charge in [-0.2, -0.15) is 0 Å². The van der Waals surface area contributed by atoms with Crippen molar-refractivity contribution in [2.24, 2.45) is 11.7 Å². The molecule has 1 saturated heterocycles. The highest BCUT2D eigenvalue weighted by Gasteiger charge is 2.43. The molecule has 146 valence electrons. The topological polar surface area (TPSA) is 127 Å². The smallest absolute Gasteiger partial charge is 0.255 e. The molecule has 0 aliphatic carbocycles. The number of rotatable bonds is 4. The molecule has 2 aromatic rings. The van der Waals surface area contributed by atoms with Gasteiger partial charge in [0.15, 0.2) is 0 Å². The maximum atomic E-state index is 12.6. The molecule has 1 unspecified atom stereocenters. The van der Waals surface area contributed by atoms with Crippen molar-refractivity contribution < 1.29 is 22.8 Å². The fraction of sp³-hybridized carbons (Fsp3) is 0.167. The lowest BCUT2D eigenvalue weighted by Crippen LogP contribution is -2.30. The Balaban J connectivity index is 1.97. The number of carbonyl (C=O) groups excluding carboxylic acids is 3. The molecular weight excluding hydrogens is 406 g/mol. The second kappa shape index (κ2) is 7.25. The fourth-order valence-electron chi connectivity index (χ4n) is 2.88. The van der Waals surface area contributed by atoms with E-state index in [9.17, 15) is 22.8 Å². The molecule has 28 heavy (non-hydrogen) atoms. The number of nitrogens with two attached hydrogens (primary N) is 1. The van der Waals surface area contributed by atoms with E-state index in [1.54, 1.807) is 12.1 Å². The molecule has 3 N–H and O–H groups in total. The van der Waals surface area contributed by atoms with E-state index < -0.39 is 33.7 Å². The zero-order valence-corrected chi connectivity index (χ0v) is 16.3. The van der Waals surface area contributed by atoms with Crippen LogP contribution in [0.15, 0.2) is 42.5 Å². The number of benzene rings is 2. The number of halogens is 1. The molecule has 3 amide bonds. The van der Waals surface area contributed by atoms with Crippen LogP contribution in [0, 0.1) is 5.92 Å². The fourth-order valence-corrected chi connectivity index (χ4v) is 4.96. The molecule has 2 aromatic carbocycles. The summed E-state index contributed by atoms with van der Waals surface area (Å²) in [4.78, 5) is 36.4. The Morgan fingerprint density at radius 3 is 2.50 bits per heavy atom. The van der Waals surface area contributed by atoms with E-state index in [1.807, 2.05) is 0 Å². The average Bonchev–Trinajstić information content (AvgIpc) is 2.83. The summed E-state index contributed by atoms with van der Waals surface area (Å²) < 4.78 is 25.3. The highest BCUT2D eigenvalue weighted by atomic mass is 35.5. The first kappa shape index (κ1) is 19.8. The minimum atomic E-state index is -3.87. The van der Waals surface area contributed by atoms with Crippen LogP contribution in [0.1, 0.15) is 27.6 Å². The van der Waals surface area contributed by atoms with E-state index in [4.69, 9.17) is 17.3 Å². The van der Waals surface area contributed by atoms with Gasteiger partial charge in [0, 0.05) is 5.56 Å². The van der Waals surface area contributed by atoms with Crippen molar-refractivity contribution in [3.63, 3.8) is 0 Å². The van der Waals surface area contributed by atoms with E-state index in [0.29, 0.717) is 4.31 Å². The Morgan fingerprint density at radius 2 is 1.89 bits per heavy atom. The first-order chi connectivity index (χ1) is 13.1. The molecule has 0 saturated carbocycles. The van der Waals surface area contributed by atoms with Crippen molar-refractivity contribution in [3.8, 4) is 0 Å². The second-order valence-corrected chi connectivity index (χ2v) is 8.58. The van der Waals surface area contributed by atoms with Gasteiger partial charge < -0.3 is 11.1 Å². The third-order valence-corrected chi connectivity index (χ3v) is 6.40. The highest BCUT2D eigenvalue weighted by Crippen LogP contribution is 2.34. The third-order valence-electron chi connectivity index (χ3n) is 4.23. The largest absolute Gasteiger partial charge is 0.366 e. The van der Waals surface area contributed by atoms with Gasteiger partial charge in [0.2, 0.25) is 15.9 Å². The normalized spacial score (nSPS) is 18.1. The predicted molar refractivity (Wildman–Crippen MR) is 105 cm³/mol. The van der Waals surface area contributed by atoms with Crippen molar-refractivity contribution >= 4 is 50.7 Å². The van der Waals surface area contributed by atoms with Crippen LogP contribution in [0.4, 0.5) is 11.4 Å². The lowest BCUT2D eigenvalue weighted by Gasteiger charge is -2.18. The van der Waals surface area contributed by atoms with Crippen LogP contribution in [0.5, 0.6) is 0 Å². The summed E-state index contributed by atoms with van der Waals surface area (Å²) in [6.07, 6.45) is 0. The predicted octanol–water partition coefficient (Wildman–Crippen LogP) is 2.00. The SMILES string of the molecule is CC1CS(=O)(=O)N(c2cc(C(=O)Nc3ccccc3C(N)=O)ccc2Cl)C1=O. The van der Waals surface area contributed by atoms with Crippen molar-refractivity contribution in [2.75, 3.05) is 15.4 Å². The van der Waals surface area contributed by atoms with Gasteiger partial charge in [-0.3, -0.25) is 14.4 Å². The Hall–Kier alpha value is -2.91. The number of carbonyl (C=O) groups is 3. The summed E-state index contributed by atoms with van der Waals surface area (Å²) >= 11 is 6.10. The zero-order valence-electron chi connectivity index (χ0n) is 14.7. The van der Waals surface area contributed by atoms with Crippen LogP contribution < -0.4 is 15.4 Å². The second-order valence-electron chi connectivity index (χ2n) is 6.31. The third kappa shape index (κ3) is 3.58. The lowest BCUT2D eigenvalue weighted by atomic mass is 10.1. The summed E-state index contributed by atoms with van der Waals surface area (Å²) in [5.41, 5.74) is 5.59. The van der Waals surface area contributed by atoms with Crippen molar-refractivity contribution in [2.45, 2.75) is 6.92 Å². The van der Waals surface area contributed by atoms with Crippen LogP contribution in [-0.4, -0.2) is 31.9 Å². The van der Waals surface area contributed by atoms with Crippen LogP contribution in [-0.2, 0) is 14.8 Å². The number of primary amides is 1. The molecule has 0 spiro atoms. The Bertz CT molecular complexity index is 1100. The molecule has 1 fully saturated rings. The Morgan fingerprint density at radius 1 is 1.21 bits per heavy atom. The molecule has 1 aliphatic heterocycles. The van der Waals surface area contributed by atoms with Gasteiger partial charge >= 0.3 is 0 Å². The monoisotopic (exact) mass is 421 g/mol. The molecular formula is C18H16ClN3O5S. The quantitative estimate of drug-likeness (QED) is 0.780. The summed E-state index contributed by atoms with van der Waals surface area (Å²) in [6.45, 7) is 1.51. The van der Waals surface area contributed by atoms with Crippen LogP contribution >= 0.6 is 11.6 Å². The van der Waals surface area contributed by atoms with E-state index in [-0.39, 0.29) is 33.3 Å². The maximum Gasteiger partial charge on any atom is 0.255 e. The van der Waals surface area contributed by atoms with Gasteiger partial charge in [-0.25, -0.2) is 12.7 Å². The number of para-hydroxylation sites is 1. The standard InChI is InChI=1S/C18H16ClN3O5S/c1-10-9-28(26,27)22(18(10)25)15-8-11(6-7-13(15)19)17(24)21-14-5-3-2-4-12(14)16(20)23/h2-8,10H,9H2,1H3,(H2,20,23)(H,21,24). The van der Waals surface area contributed by atoms with Crippen LogP contribution in [0.25, 0.3) is 0 Å². The minimum Gasteiger partial charge on any atom is -0.366 e. The molecule has 8 nitrogen and oxygen atoms in total. The van der Waals surface area contributed by atoms with E-state index in [2.05, 4.69) is 5.32 Å². The summed E-state index contributed by atoms with van der Waals surface area (Å²) in [6, 6.07) is 10.1. The minimum absolute atomic E-state index is 0.0140. The number of sulfonamides is 1. The lowest BCUT2D eigenvalue weighted by molar-refractivity contribution is -0.119. The zero-order chi connectivity index (χ0) is 20.6. The average molecular weight is 422 g/mol. The van der Waals surface area contributed by atoms with E-state index in [0.717, 1.165) is 0 Å². The van der Waals surface area contributed by atoms with Crippen molar-refractivity contribution in [1.82, 2.24) is 0 Å². The van der Waals surface area contributed by atoms with Crippen molar-refractivity contribution in [3.05, 3.63) is 58.6 Å². The van der Waals surface area contributed by atoms with Gasteiger partial charge in [-0.1, -0.05) is 30.7 Å². The Labute approximate surface area is 166 Å². The number of anilines is 2. The Kier molecular flexibility index (Phi) is 5.14. The van der Waals surface area contributed by atoms with E-state index in [1.165, 1.54) is 37.3 Å². The summed E-state index contributed by atoms with van der Waals surface area (Å²) in [5.74, 6) is -2.98. The summed E-state index contributed by atoms with van der Waals surface area (Å²) in [5, 5.41) is 2.56. The molecule has 0 radical (unpaired) electrons. The number of hydrogen-bond acceptors (Lipinski definition) is 5. The molecule has 1 aliphatic rings. The molecule has 0 aromatic heterocycles. The highest BCUT2D eigenvalue weighted by molar-refractivity contribution is 7.94. The first-order valence-corrected chi connectivity index (χ1v) is 10.2. The molecule has 3 rings (SSSR count). The molecule has 1 atom stereocenters. The van der Waals surface area contributed by atoms with Gasteiger partial charge in [-0.05, 0) is 30.3 Å². The molecule has 0 bridgehead atoms. The van der Waals surface area contributed by atoms with Gasteiger partial charge in [-0.15, -0.1) is 0 Å². The number of nitrogens with one attached hydrogen (secondary N) is 1. The molecule has 1 heterocycles. The first-order valence-electron chi connectivity index (χ1n) is 8.18. The van der Waals surface area contributed by atoms with Gasteiger partial charge in [0.25, 0.3) is 11.8 Å². The summed E-state index contributed by atoms with van der Waals surface area (Å²) in [7, 11) is -3.87. The van der Waals surface area contributed by atoms with Gasteiger partial charge in [0.05, 0.1) is 33.6 Å². The molecule has 10 heteroatoms. The number of nitrogens with zero attached hydrogens (tertiary/aromatic N) is 1. The van der Waals surface area contributed by atoms with E-state index >= 15 is 0 Å². The number of hydrogen-bond donors (Lipinski definition) is 2. The number of amides is 3. The van der Waals surface area contributed by atoms with Crippen molar-refractivity contribution in [1.29, 1.82) is 0 Å². The van der Waals surface area contributed by atoms with Gasteiger partial charge in [0.1, 0.15) is 0 Å².